The Hall–Kier alpha value is -1.76. The molecular formula is C13H17N3O. The van der Waals surface area contributed by atoms with Crippen LogP contribution < -0.4 is 4.90 Å². The molecule has 4 heteroatoms. The lowest BCUT2D eigenvalue weighted by Gasteiger charge is -2.11. The maximum absolute atomic E-state index is 11.8. The molecule has 1 fully saturated rings. The van der Waals surface area contributed by atoms with Crippen molar-refractivity contribution in [3.8, 4) is 12.3 Å². The Morgan fingerprint density at radius 3 is 3.12 bits per heavy atom. The number of carbonyl (C=O) groups is 1. The van der Waals surface area contributed by atoms with Crippen molar-refractivity contribution in [1.29, 1.82) is 0 Å². The molecule has 2 rings (SSSR count). The van der Waals surface area contributed by atoms with Gasteiger partial charge in [-0.15, -0.1) is 12.3 Å². The van der Waals surface area contributed by atoms with Crippen molar-refractivity contribution >= 4 is 11.7 Å². The molecule has 1 saturated heterocycles. The number of aromatic nitrogens is 2. The Morgan fingerprint density at radius 1 is 1.76 bits per heavy atom. The van der Waals surface area contributed by atoms with E-state index < -0.39 is 0 Å². The van der Waals surface area contributed by atoms with E-state index in [-0.39, 0.29) is 11.8 Å². The third-order valence-electron chi connectivity index (χ3n) is 3.36. The average Bonchev–Trinajstić information content (AvgIpc) is 2.94. The lowest BCUT2D eigenvalue weighted by molar-refractivity contribution is -0.117. The first kappa shape index (κ1) is 11.7. The first-order chi connectivity index (χ1) is 8.15. The minimum Gasteiger partial charge on any atom is -0.294 e. The SMILES string of the molecule is C#CC1CC(=O)N(c2cc(C(C)CC)[nH]n2)C1. The van der Waals surface area contributed by atoms with Crippen LogP contribution in [0, 0.1) is 18.3 Å². The van der Waals surface area contributed by atoms with Gasteiger partial charge in [0.15, 0.2) is 5.82 Å². The van der Waals surface area contributed by atoms with Gasteiger partial charge in [-0.1, -0.05) is 13.8 Å². The van der Waals surface area contributed by atoms with Crippen LogP contribution in [0.4, 0.5) is 5.82 Å². The minimum absolute atomic E-state index is 0.0197. The van der Waals surface area contributed by atoms with Crippen LogP contribution in [0.2, 0.25) is 0 Å². The molecule has 1 aliphatic heterocycles. The summed E-state index contributed by atoms with van der Waals surface area (Å²) in [4.78, 5) is 13.4. The predicted octanol–water partition coefficient (Wildman–Crippen LogP) is 1.91. The average molecular weight is 231 g/mol. The summed E-state index contributed by atoms with van der Waals surface area (Å²) in [5, 5.41) is 7.19. The van der Waals surface area contributed by atoms with Crippen LogP contribution in [-0.4, -0.2) is 22.6 Å². The molecule has 0 saturated carbocycles. The highest BCUT2D eigenvalue weighted by Crippen LogP contribution is 2.26. The Kier molecular flexibility index (Phi) is 3.19. The lowest BCUT2D eigenvalue weighted by Crippen LogP contribution is -2.24. The van der Waals surface area contributed by atoms with Gasteiger partial charge in [-0.05, 0) is 12.3 Å². The second-order valence-corrected chi connectivity index (χ2v) is 4.56. The zero-order chi connectivity index (χ0) is 12.4. The summed E-state index contributed by atoms with van der Waals surface area (Å²) < 4.78 is 0. The van der Waals surface area contributed by atoms with Gasteiger partial charge in [0, 0.05) is 30.6 Å². The van der Waals surface area contributed by atoms with Gasteiger partial charge in [0.1, 0.15) is 0 Å². The highest BCUT2D eigenvalue weighted by Gasteiger charge is 2.30. The number of rotatable bonds is 3. The van der Waals surface area contributed by atoms with Crippen LogP contribution in [0.25, 0.3) is 0 Å². The van der Waals surface area contributed by atoms with Crippen LogP contribution >= 0.6 is 0 Å². The number of nitrogens with one attached hydrogen (secondary N) is 1. The maximum Gasteiger partial charge on any atom is 0.229 e. The molecule has 1 aliphatic rings. The van der Waals surface area contributed by atoms with Crippen molar-refractivity contribution in [3.63, 3.8) is 0 Å². The van der Waals surface area contributed by atoms with E-state index in [1.807, 2.05) is 6.07 Å². The summed E-state index contributed by atoms with van der Waals surface area (Å²) in [7, 11) is 0. The van der Waals surface area contributed by atoms with Gasteiger partial charge in [-0.2, -0.15) is 5.10 Å². The van der Waals surface area contributed by atoms with Gasteiger partial charge in [-0.25, -0.2) is 0 Å². The fourth-order valence-electron chi connectivity index (χ4n) is 1.98. The molecule has 2 atom stereocenters. The van der Waals surface area contributed by atoms with E-state index in [4.69, 9.17) is 6.42 Å². The molecule has 0 aromatic carbocycles. The van der Waals surface area contributed by atoms with E-state index in [9.17, 15) is 4.79 Å². The molecule has 1 amide bonds. The van der Waals surface area contributed by atoms with Crippen molar-refractivity contribution in [2.75, 3.05) is 11.4 Å². The molecule has 0 radical (unpaired) electrons. The van der Waals surface area contributed by atoms with Crippen LogP contribution in [0.3, 0.4) is 0 Å². The number of H-pyrrole nitrogens is 1. The molecule has 0 spiro atoms. The Balaban J connectivity index is 2.16. The molecule has 4 nitrogen and oxygen atoms in total. The summed E-state index contributed by atoms with van der Waals surface area (Å²) in [5.41, 5.74) is 1.07. The van der Waals surface area contributed by atoms with Gasteiger partial charge in [0.05, 0.1) is 0 Å². The zero-order valence-corrected chi connectivity index (χ0v) is 10.2. The number of terminal acetylenes is 1. The topological polar surface area (TPSA) is 49.0 Å². The number of hydrogen-bond donors (Lipinski definition) is 1. The minimum atomic E-state index is 0.0197. The maximum atomic E-state index is 11.8. The molecule has 17 heavy (non-hydrogen) atoms. The second kappa shape index (κ2) is 4.62. The standard InChI is InChI=1S/C13H17N3O/c1-4-9(3)11-7-12(15-14-11)16-8-10(5-2)6-13(16)17/h2,7,9-10H,4,6,8H2,1,3H3,(H,14,15). The predicted molar refractivity (Wildman–Crippen MR) is 66.6 cm³/mol. The van der Waals surface area contributed by atoms with Crippen molar-refractivity contribution < 1.29 is 4.79 Å². The molecule has 1 aromatic rings. The molecule has 0 aliphatic carbocycles. The van der Waals surface area contributed by atoms with E-state index in [2.05, 4.69) is 30.0 Å². The van der Waals surface area contributed by atoms with Crippen molar-refractivity contribution in [2.24, 2.45) is 5.92 Å². The number of nitrogens with zero attached hydrogens (tertiary/aromatic N) is 2. The third-order valence-corrected chi connectivity index (χ3v) is 3.36. The fourth-order valence-corrected chi connectivity index (χ4v) is 1.98. The largest absolute Gasteiger partial charge is 0.294 e. The first-order valence-corrected chi connectivity index (χ1v) is 5.97. The van der Waals surface area contributed by atoms with Gasteiger partial charge in [0.25, 0.3) is 0 Å². The summed E-state index contributed by atoms with van der Waals surface area (Å²) in [6, 6.07) is 1.95. The van der Waals surface area contributed by atoms with Crippen molar-refractivity contribution in [1.82, 2.24) is 10.2 Å². The molecule has 1 aromatic heterocycles. The molecule has 90 valence electrons. The highest BCUT2D eigenvalue weighted by molar-refractivity contribution is 5.95. The van der Waals surface area contributed by atoms with E-state index in [1.54, 1.807) is 4.90 Å². The molecule has 2 unspecified atom stereocenters. The van der Waals surface area contributed by atoms with E-state index in [1.165, 1.54) is 0 Å². The van der Waals surface area contributed by atoms with Gasteiger partial charge in [0.2, 0.25) is 5.91 Å². The summed E-state index contributed by atoms with van der Waals surface area (Å²) >= 11 is 0. The molecule has 2 heterocycles. The van der Waals surface area contributed by atoms with Crippen LogP contribution in [0.15, 0.2) is 6.07 Å². The van der Waals surface area contributed by atoms with Gasteiger partial charge >= 0.3 is 0 Å². The summed E-state index contributed by atoms with van der Waals surface area (Å²) in [6.07, 6.45) is 6.83. The van der Waals surface area contributed by atoms with E-state index in [0.717, 1.165) is 12.1 Å². The monoisotopic (exact) mass is 231 g/mol. The molecular weight excluding hydrogens is 214 g/mol. The molecule has 0 bridgehead atoms. The Morgan fingerprint density at radius 2 is 2.53 bits per heavy atom. The normalized spacial score (nSPS) is 21.6. The van der Waals surface area contributed by atoms with E-state index >= 15 is 0 Å². The highest BCUT2D eigenvalue weighted by atomic mass is 16.2. The number of aromatic amines is 1. The first-order valence-electron chi connectivity index (χ1n) is 5.97. The number of amides is 1. The second-order valence-electron chi connectivity index (χ2n) is 4.56. The Labute approximate surface area is 101 Å². The van der Waals surface area contributed by atoms with Gasteiger partial charge in [-0.3, -0.25) is 14.8 Å². The van der Waals surface area contributed by atoms with Crippen molar-refractivity contribution in [2.45, 2.75) is 32.6 Å². The number of carbonyl (C=O) groups excluding carboxylic acids is 1. The lowest BCUT2D eigenvalue weighted by atomic mass is 10.1. The number of anilines is 1. The van der Waals surface area contributed by atoms with E-state index in [0.29, 0.717) is 24.7 Å². The summed E-state index contributed by atoms with van der Waals surface area (Å²) in [5.74, 6) is 3.84. The zero-order valence-electron chi connectivity index (χ0n) is 10.2. The van der Waals surface area contributed by atoms with Crippen LogP contribution in [0.5, 0.6) is 0 Å². The quantitative estimate of drug-likeness (QED) is 0.808. The number of hydrogen-bond acceptors (Lipinski definition) is 2. The summed E-state index contributed by atoms with van der Waals surface area (Å²) in [6.45, 7) is 4.84. The molecule has 1 N–H and O–H groups in total. The third kappa shape index (κ3) is 2.19. The Bertz CT molecular complexity index is 457. The fraction of sp³-hybridized carbons (Fsp3) is 0.538. The smallest absolute Gasteiger partial charge is 0.229 e. The van der Waals surface area contributed by atoms with Crippen LogP contribution in [-0.2, 0) is 4.79 Å². The van der Waals surface area contributed by atoms with Gasteiger partial charge < -0.3 is 0 Å². The van der Waals surface area contributed by atoms with Crippen LogP contribution in [0.1, 0.15) is 38.3 Å². The van der Waals surface area contributed by atoms with Crippen molar-refractivity contribution in [3.05, 3.63) is 11.8 Å².